The molecule has 3 aromatic rings. The fourth-order valence-electron chi connectivity index (χ4n) is 3.58. The van der Waals surface area contributed by atoms with Gasteiger partial charge < -0.3 is 19.5 Å². The van der Waals surface area contributed by atoms with Crippen molar-refractivity contribution in [3.05, 3.63) is 89.9 Å². The summed E-state index contributed by atoms with van der Waals surface area (Å²) in [6.45, 7) is 5.94. The zero-order valence-corrected chi connectivity index (χ0v) is 17.9. The third-order valence-electron chi connectivity index (χ3n) is 5.09. The zero-order valence-electron chi connectivity index (χ0n) is 17.9. The van der Waals surface area contributed by atoms with Crippen molar-refractivity contribution < 1.29 is 19.0 Å². The molecule has 2 heterocycles. The molecule has 32 heavy (non-hydrogen) atoms. The van der Waals surface area contributed by atoms with E-state index >= 15 is 0 Å². The monoisotopic (exact) mass is 432 g/mol. The number of allylic oxidation sites excluding steroid dienone is 1. The normalized spacial score (nSPS) is 14.9. The Kier molecular flexibility index (Phi) is 6.21. The van der Waals surface area contributed by atoms with Crippen molar-refractivity contribution in [3.8, 4) is 11.5 Å². The van der Waals surface area contributed by atoms with Crippen molar-refractivity contribution in [1.82, 2.24) is 14.8 Å². The van der Waals surface area contributed by atoms with E-state index < -0.39 is 12.0 Å². The van der Waals surface area contributed by atoms with Gasteiger partial charge in [-0.2, -0.15) is 10.1 Å². The number of aromatic nitrogens is 3. The second-order valence-electron chi connectivity index (χ2n) is 7.17. The molecule has 0 fully saturated rings. The largest absolute Gasteiger partial charge is 0.493 e. The number of ether oxygens (including phenoxy) is 3. The van der Waals surface area contributed by atoms with E-state index in [4.69, 9.17) is 14.2 Å². The van der Waals surface area contributed by atoms with Gasteiger partial charge in [-0.05, 0) is 30.2 Å². The molecule has 1 atom stereocenters. The van der Waals surface area contributed by atoms with Gasteiger partial charge in [0.05, 0.1) is 12.7 Å². The maximum absolute atomic E-state index is 12.9. The summed E-state index contributed by atoms with van der Waals surface area (Å²) in [4.78, 5) is 17.1. The van der Waals surface area contributed by atoms with Gasteiger partial charge in [-0.3, -0.25) is 0 Å². The highest BCUT2D eigenvalue weighted by Crippen LogP contribution is 2.39. The second-order valence-corrected chi connectivity index (χ2v) is 7.17. The first-order chi connectivity index (χ1) is 15.6. The summed E-state index contributed by atoms with van der Waals surface area (Å²) in [7, 11) is 1.58. The van der Waals surface area contributed by atoms with E-state index in [-0.39, 0.29) is 6.61 Å². The van der Waals surface area contributed by atoms with Gasteiger partial charge in [0.2, 0.25) is 5.95 Å². The Hall–Kier alpha value is -4.07. The van der Waals surface area contributed by atoms with Crippen LogP contribution in [0.3, 0.4) is 0 Å². The lowest BCUT2D eigenvalue weighted by atomic mass is 9.95. The minimum absolute atomic E-state index is 0.113. The number of nitrogens with one attached hydrogen (secondary N) is 1. The molecule has 8 nitrogen and oxygen atoms in total. The Balaban J connectivity index is 1.68. The van der Waals surface area contributed by atoms with Crippen LogP contribution < -0.4 is 14.8 Å². The summed E-state index contributed by atoms with van der Waals surface area (Å²) in [5.74, 6) is 1.24. The number of carbonyl (C=O) groups is 1. The minimum atomic E-state index is -0.539. The van der Waals surface area contributed by atoms with Crippen molar-refractivity contribution in [2.75, 3.05) is 19.0 Å². The number of carbonyl (C=O) groups excluding carboxylic acids is 1. The second kappa shape index (κ2) is 9.38. The highest BCUT2D eigenvalue weighted by atomic mass is 16.5. The van der Waals surface area contributed by atoms with Crippen LogP contribution in [-0.2, 0) is 16.1 Å². The van der Waals surface area contributed by atoms with E-state index in [2.05, 4.69) is 22.0 Å². The number of fused-ring (bicyclic) bond motifs is 1. The van der Waals surface area contributed by atoms with E-state index in [1.165, 1.54) is 12.4 Å². The van der Waals surface area contributed by atoms with Crippen LogP contribution in [0.5, 0.6) is 11.5 Å². The molecule has 1 aliphatic rings. The van der Waals surface area contributed by atoms with Crippen LogP contribution in [0.15, 0.2) is 78.8 Å². The van der Waals surface area contributed by atoms with Crippen molar-refractivity contribution >= 4 is 11.9 Å². The number of benzene rings is 2. The van der Waals surface area contributed by atoms with Crippen LogP contribution in [-0.4, -0.2) is 34.5 Å². The number of esters is 1. The average molecular weight is 432 g/mol. The molecule has 0 spiro atoms. The smallest absolute Gasteiger partial charge is 0.338 e. The lowest BCUT2D eigenvalue weighted by Crippen LogP contribution is -2.29. The van der Waals surface area contributed by atoms with Gasteiger partial charge >= 0.3 is 5.97 Å². The molecular formula is C24H24N4O4. The van der Waals surface area contributed by atoms with Crippen molar-refractivity contribution in [2.45, 2.75) is 19.6 Å². The number of methoxy groups -OCH3 is 1. The summed E-state index contributed by atoms with van der Waals surface area (Å²) in [5.41, 5.74) is 2.92. The molecule has 0 bridgehead atoms. The van der Waals surface area contributed by atoms with Gasteiger partial charge in [-0.15, -0.1) is 0 Å². The minimum Gasteiger partial charge on any atom is -0.493 e. The quantitative estimate of drug-likeness (QED) is 0.427. The van der Waals surface area contributed by atoms with E-state index in [9.17, 15) is 4.79 Å². The van der Waals surface area contributed by atoms with Crippen molar-refractivity contribution in [3.63, 3.8) is 0 Å². The molecule has 0 aliphatic carbocycles. The predicted molar refractivity (Wildman–Crippen MR) is 119 cm³/mol. The Labute approximate surface area is 186 Å². The Morgan fingerprint density at radius 3 is 2.78 bits per heavy atom. The lowest BCUT2D eigenvalue weighted by Gasteiger charge is -2.28. The molecule has 1 aliphatic heterocycles. The fourth-order valence-corrected chi connectivity index (χ4v) is 3.58. The molecule has 4 rings (SSSR count). The first kappa shape index (κ1) is 21.2. The van der Waals surface area contributed by atoms with Crippen LogP contribution >= 0.6 is 0 Å². The van der Waals surface area contributed by atoms with E-state index in [0.29, 0.717) is 35.3 Å². The Morgan fingerprint density at radius 1 is 1.22 bits per heavy atom. The zero-order chi connectivity index (χ0) is 22.5. The molecule has 0 unspecified atom stereocenters. The predicted octanol–water partition coefficient (Wildman–Crippen LogP) is 3.88. The summed E-state index contributed by atoms with van der Waals surface area (Å²) >= 11 is 0. The Bertz CT molecular complexity index is 1150. The van der Waals surface area contributed by atoms with Gasteiger partial charge in [0.25, 0.3) is 0 Å². The van der Waals surface area contributed by atoms with Gasteiger partial charge in [0, 0.05) is 5.70 Å². The molecule has 1 aromatic heterocycles. The van der Waals surface area contributed by atoms with Crippen LogP contribution in [0, 0.1) is 0 Å². The topological polar surface area (TPSA) is 87.5 Å². The van der Waals surface area contributed by atoms with Crippen LogP contribution in [0.1, 0.15) is 24.1 Å². The summed E-state index contributed by atoms with van der Waals surface area (Å²) in [6, 6.07) is 14.9. The van der Waals surface area contributed by atoms with Crippen LogP contribution in [0.4, 0.5) is 5.95 Å². The Morgan fingerprint density at radius 2 is 2.03 bits per heavy atom. The maximum atomic E-state index is 12.9. The molecule has 0 amide bonds. The van der Waals surface area contributed by atoms with Gasteiger partial charge in [0.1, 0.15) is 25.6 Å². The summed E-state index contributed by atoms with van der Waals surface area (Å²) < 4.78 is 18.6. The van der Waals surface area contributed by atoms with Gasteiger partial charge in [-0.1, -0.05) is 49.1 Å². The molecule has 0 radical (unpaired) electrons. The standard InChI is InChI=1S/C24H24N4O4/c1-4-12-31-23(29)21-16(2)27-24-25-15-26-28(24)22(21)18-10-11-19(20(13-18)30-3)32-14-17-8-6-5-7-9-17/h4-11,13,15,22H,1,12,14H2,2-3H3,(H,25,26,27)/t22-/m1/s1. The average Bonchev–Trinajstić information content (AvgIpc) is 3.29. The summed E-state index contributed by atoms with van der Waals surface area (Å²) in [5, 5.41) is 7.44. The van der Waals surface area contributed by atoms with Crippen molar-refractivity contribution in [2.24, 2.45) is 0 Å². The number of anilines is 1. The number of nitrogens with zero attached hydrogens (tertiary/aromatic N) is 3. The summed E-state index contributed by atoms with van der Waals surface area (Å²) in [6.07, 6.45) is 2.97. The maximum Gasteiger partial charge on any atom is 0.338 e. The van der Waals surface area contributed by atoms with Gasteiger partial charge in [0.15, 0.2) is 11.5 Å². The molecule has 164 valence electrons. The SMILES string of the molecule is C=CCOC(=O)C1=C(C)Nc2ncnn2[C@@H]1c1ccc(OCc2ccccc2)c(OC)c1. The molecule has 1 N–H and O–H groups in total. The molecular weight excluding hydrogens is 408 g/mol. The van der Waals surface area contributed by atoms with E-state index in [0.717, 1.165) is 11.1 Å². The van der Waals surface area contributed by atoms with Gasteiger partial charge in [-0.25, -0.2) is 9.48 Å². The molecule has 8 heteroatoms. The molecule has 0 saturated carbocycles. The van der Waals surface area contributed by atoms with Crippen molar-refractivity contribution in [1.29, 1.82) is 0 Å². The fraction of sp³-hybridized carbons (Fsp3) is 0.208. The molecule has 2 aromatic carbocycles. The van der Waals surface area contributed by atoms with E-state index in [1.807, 2.05) is 55.5 Å². The van der Waals surface area contributed by atoms with Crippen LogP contribution in [0.2, 0.25) is 0 Å². The lowest BCUT2D eigenvalue weighted by molar-refractivity contribution is -0.138. The third kappa shape index (κ3) is 4.20. The highest BCUT2D eigenvalue weighted by Gasteiger charge is 2.34. The molecule has 0 saturated heterocycles. The number of rotatable bonds is 8. The van der Waals surface area contributed by atoms with Crippen LogP contribution in [0.25, 0.3) is 0 Å². The highest BCUT2D eigenvalue weighted by molar-refractivity contribution is 5.92. The van der Waals surface area contributed by atoms with E-state index in [1.54, 1.807) is 11.8 Å². The number of hydrogen-bond donors (Lipinski definition) is 1. The first-order valence-electron chi connectivity index (χ1n) is 10.1. The number of hydrogen-bond acceptors (Lipinski definition) is 7. The first-order valence-corrected chi connectivity index (χ1v) is 10.1. The third-order valence-corrected chi connectivity index (χ3v) is 5.09.